The summed E-state index contributed by atoms with van der Waals surface area (Å²) in [6.07, 6.45) is 3.68. The lowest BCUT2D eigenvalue weighted by molar-refractivity contribution is 0.0690. The minimum Gasteiger partial charge on any atom is -0.339 e. The Kier molecular flexibility index (Phi) is 6.69. The topological polar surface area (TPSA) is 75.9 Å². The first kappa shape index (κ1) is 18.4. The molecule has 2 aromatic rings. The molecule has 1 saturated heterocycles. The zero-order valence-electron chi connectivity index (χ0n) is 13.8. The quantitative estimate of drug-likeness (QED) is 0.885. The summed E-state index contributed by atoms with van der Waals surface area (Å²) in [5, 5.41) is 14.4. The Hall–Kier alpha value is -1.99. The number of piperidine rings is 1. The van der Waals surface area contributed by atoms with Crippen LogP contribution in [-0.4, -0.2) is 57.2 Å². The van der Waals surface area contributed by atoms with Crippen LogP contribution >= 0.6 is 12.4 Å². The number of hydrogen-bond acceptors (Lipinski definition) is 5. The van der Waals surface area contributed by atoms with Crippen LogP contribution in [-0.2, 0) is 0 Å². The zero-order valence-corrected chi connectivity index (χ0v) is 14.6. The van der Waals surface area contributed by atoms with E-state index in [1.807, 2.05) is 29.2 Å². The molecule has 1 aliphatic heterocycles. The van der Waals surface area contributed by atoms with E-state index >= 15 is 0 Å². The van der Waals surface area contributed by atoms with Crippen LogP contribution in [0, 0.1) is 5.92 Å². The van der Waals surface area contributed by atoms with Crippen LogP contribution in [0.1, 0.15) is 30.1 Å². The molecule has 0 bridgehead atoms. The molecule has 0 saturated carbocycles. The number of tetrazole rings is 1. The Labute approximate surface area is 147 Å². The van der Waals surface area contributed by atoms with Crippen LogP contribution in [0.3, 0.4) is 0 Å². The number of aromatic nitrogens is 4. The van der Waals surface area contributed by atoms with Crippen LogP contribution in [0.4, 0.5) is 0 Å². The molecule has 1 aromatic heterocycles. The lowest BCUT2D eigenvalue weighted by Crippen LogP contribution is -2.40. The van der Waals surface area contributed by atoms with Crippen molar-refractivity contribution in [3.8, 4) is 5.69 Å². The molecule has 3 rings (SSSR count). The fraction of sp³-hybridized carbons (Fsp3) is 0.500. The first-order valence-corrected chi connectivity index (χ1v) is 8.11. The van der Waals surface area contributed by atoms with Gasteiger partial charge in [-0.15, -0.1) is 17.5 Å². The second kappa shape index (κ2) is 8.75. The zero-order chi connectivity index (χ0) is 16.1. The number of halogens is 1. The molecule has 7 nitrogen and oxygen atoms in total. The maximum absolute atomic E-state index is 12.6. The molecule has 8 heteroatoms. The third-order valence-electron chi connectivity index (χ3n) is 4.31. The lowest BCUT2D eigenvalue weighted by Gasteiger charge is -2.32. The highest BCUT2D eigenvalue weighted by Crippen LogP contribution is 2.19. The Morgan fingerprint density at radius 1 is 1.25 bits per heavy atom. The standard InChI is InChI=1S/C16H22N6O.ClH/c1-2-17-11-13-7-9-21(10-8-13)16(23)14-3-5-15(6-4-14)22-12-18-19-20-22;/h3-6,12-13,17H,2,7-11H2,1H3;1H. The molecule has 1 amide bonds. The number of likely N-dealkylation sites (tertiary alicyclic amines) is 1. The number of hydrogen-bond donors (Lipinski definition) is 1. The molecule has 24 heavy (non-hydrogen) atoms. The molecular weight excluding hydrogens is 328 g/mol. The van der Waals surface area contributed by atoms with Gasteiger partial charge in [0, 0.05) is 18.7 Å². The van der Waals surface area contributed by atoms with E-state index < -0.39 is 0 Å². The van der Waals surface area contributed by atoms with Gasteiger partial charge in [0.05, 0.1) is 5.69 Å². The number of benzene rings is 1. The summed E-state index contributed by atoms with van der Waals surface area (Å²) in [5.74, 6) is 0.788. The summed E-state index contributed by atoms with van der Waals surface area (Å²) in [6, 6.07) is 7.40. The van der Waals surface area contributed by atoms with Gasteiger partial charge in [0.1, 0.15) is 6.33 Å². The molecule has 1 N–H and O–H groups in total. The summed E-state index contributed by atoms with van der Waals surface area (Å²) in [6.45, 7) is 5.86. The highest BCUT2D eigenvalue weighted by molar-refractivity contribution is 5.94. The maximum atomic E-state index is 12.6. The van der Waals surface area contributed by atoms with E-state index in [9.17, 15) is 4.79 Å². The number of amides is 1. The SMILES string of the molecule is CCNCC1CCN(C(=O)c2ccc(-n3cnnn3)cc2)CC1.Cl. The van der Waals surface area contributed by atoms with Gasteiger partial charge in [-0.05, 0) is 66.5 Å². The van der Waals surface area contributed by atoms with Crippen molar-refractivity contribution in [1.29, 1.82) is 0 Å². The minimum atomic E-state index is 0. The molecular formula is C16H23ClN6O. The van der Waals surface area contributed by atoms with Crippen LogP contribution in [0.15, 0.2) is 30.6 Å². The van der Waals surface area contributed by atoms with E-state index in [0.717, 1.165) is 44.7 Å². The van der Waals surface area contributed by atoms with Crippen molar-refractivity contribution in [1.82, 2.24) is 30.4 Å². The molecule has 1 fully saturated rings. The lowest BCUT2D eigenvalue weighted by atomic mass is 9.96. The predicted molar refractivity (Wildman–Crippen MR) is 93.6 cm³/mol. The molecule has 130 valence electrons. The third-order valence-corrected chi connectivity index (χ3v) is 4.31. The van der Waals surface area contributed by atoms with Gasteiger partial charge in [0.15, 0.2) is 0 Å². The number of carbonyl (C=O) groups excluding carboxylic acids is 1. The average Bonchev–Trinajstić information content (AvgIpc) is 3.14. The Morgan fingerprint density at radius 3 is 2.54 bits per heavy atom. The highest BCUT2D eigenvalue weighted by Gasteiger charge is 2.23. The van der Waals surface area contributed by atoms with E-state index in [-0.39, 0.29) is 18.3 Å². The number of nitrogens with one attached hydrogen (secondary N) is 1. The maximum Gasteiger partial charge on any atom is 0.253 e. The Balaban J connectivity index is 0.00000208. The van der Waals surface area contributed by atoms with Crippen LogP contribution in [0.2, 0.25) is 0 Å². The third kappa shape index (κ3) is 4.30. The Bertz CT molecular complexity index is 623. The average molecular weight is 351 g/mol. The van der Waals surface area contributed by atoms with Crippen molar-refractivity contribution in [3.05, 3.63) is 36.2 Å². The highest BCUT2D eigenvalue weighted by atomic mass is 35.5. The van der Waals surface area contributed by atoms with Crippen LogP contribution in [0.25, 0.3) is 5.69 Å². The fourth-order valence-corrected chi connectivity index (χ4v) is 2.91. The van der Waals surface area contributed by atoms with Gasteiger partial charge in [-0.25, -0.2) is 4.68 Å². The second-order valence-corrected chi connectivity index (χ2v) is 5.84. The summed E-state index contributed by atoms with van der Waals surface area (Å²) in [5.41, 5.74) is 1.56. The molecule has 0 unspecified atom stereocenters. The van der Waals surface area contributed by atoms with E-state index in [2.05, 4.69) is 27.8 Å². The molecule has 1 aromatic carbocycles. The fourth-order valence-electron chi connectivity index (χ4n) is 2.91. The van der Waals surface area contributed by atoms with Crippen molar-refractivity contribution < 1.29 is 4.79 Å². The van der Waals surface area contributed by atoms with Crippen molar-refractivity contribution >= 4 is 18.3 Å². The van der Waals surface area contributed by atoms with Crippen molar-refractivity contribution in [2.45, 2.75) is 19.8 Å². The molecule has 0 spiro atoms. The number of nitrogens with zero attached hydrogens (tertiary/aromatic N) is 5. The second-order valence-electron chi connectivity index (χ2n) is 5.84. The monoisotopic (exact) mass is 350 g/mol. The summed E-state index contributed by atoms with van der Waals surface area (Å²) in [4.78, 5) is 14.5. The first-order valence-electron chi connectivity index (χ1n) is 8.11. The van der Waals surface area contributed by atoms with Gasteiger partial charge in [-0.3, -0.25) is 4.79 Å². The molecule has 0 atom stereocenters. The van der Waals surface area contributed by atoms with Gasteiger partial charge in [0.25, 0.3) is 5.91 Å². The van der Waals surface area contributed by atoms with Gasteiger partial charge in [-0.1, -0.05) is 6.92 Å². The smallest absolute Gasteiger partial charge is 0.253 e. The summed E-state index contributed by atoms with van der Waals surface area (Å²) in [7, 11) is 0. The van der Waals surface area contributed by atoms with Crippen molar-refractivity contribution in [2.24, 2.45) is 5.92 Å². The van der Waals surface area contributed by atoms with Gasteiger partial charge in [0.2, 0.25) is 0 Å². The molecule has 0 radical (unpaired) electrons. The van der Waals surface area contributed by atoms with Gasteiger partial charge < -0.3 is 10.2 Å². The molecule has 1 aliphatic rings. The normalized spacial score (nSPS) is 15.1. The van der Waals surface area contributed by atoms with Crippen LogP contribution < -0.4 is 5.32 Å². The van der Waals surface area contributed by atoms with E-state index in [1.165, 1.54) is 6.33 Å². The van der Waals surface area contributed by atoms with Crippen LogP contribution in [0.5, 0.6) is 0 Å². The number of carbonyl (C=O) groups is 1. The van der Waals surface area contributed by atoms with E-state index in [0.29, 0.717) is 11.5 Å². The Morgan fingerprint density at radius 2 is 1.96 bits per heavy atom. The van der Waals surface area contributed by atoms with Crippen molar-refractivity contribution in [2.75, 3.05) is 26.2 Å². The predicted octanol–water partition coefficient (Wildman–Crippen LogP) is 1.55. The molecule has 0 aliphatic carbocycles. The minimum absolute atomic E-state index is 0. The number of rotatable bonds is 5. The van der Waals surface area contributed by atoms with Gasteiger partial charge in [-0.2, -0.15) is 0 Å². The van der Waals surface area contributed by atoms with Crippen molar-refractivity contribution in [3.63, 3.8) is 0 Å². The largest absolute Gasteiger partial charge is 0.339 e. The van der Waals surface area contributed by atoms with E-state index in [4.69, 9.17) is 0 Å². The van der Waals surface area contributed by atoms with E-state index in [1.54, 1.807) is 4.68 Å². The van der Waals surface area contributed by atoms with Gasteiger partial charge >= 0.3 is 0 Å². The summed E-state index contributed by atoms with van der Waals surface area (Å²) >= 11 is 0. The summed E-state index contributed by atoms with van der Waals surface area (Å²) < 4.78 is 1.57. The molecule has 2 heterocycles. The first-order chi connectivity index (χ1) is 11.3.